The number of pyridine rings is 1. The summed E-state index contributed by atoms with van der Waals surface area (Å²) < 4.78 is 27.6. The van der Waals surface area contributed by atoms with Crippen molar-refractivity contribution in [1.29, 1.82) is 0 Å². The summed E-state index contributed by atoms with van der Waals surface area (Å²) >= 11 is 3.64. The van der Waals surface area contributed by atoms with Crippen molar-refractivity contribution in [3.05, 3.63) is 92.6 Å². The van der Waals surface area contributed by atoms with Crippen LogP contribution in [-0.2, 0) is 33.4 Å². The molecule has 3 aromatic heterocycles. The molecular weight excluding hydrogens is 947 g/mol. The van der Waals surface area contributed by atoms with E-state index in [2.05, 4.69) is 77.5 Å². The number of ether oxygens (including phenoxy) is 1. The van der Waals surface area contributed by atoms with Gasteiger partial charge in [-0.1, -0.05) is 26.0 Å². The standard InChI is InChI=1S/C50H60BrN10O6P/c1-6-32-28-39(55-49-52-30-36(51)47(57-49)54-38-13-12-37-35(46(38)68(4,5)65)11-10-33(7-2)53-37)43(66-8-3)29-42(32)60-21-18-34(19-22-60)59-25-23-58(24-26-59)20-17-31-9-14-40-44(27-31)67-50(64)61(40)41-15-16-45(62)56-48(41)63/h9-14,27-30,34,41H,6-8,15-26H2,1-5H3,(H,56,62,63)(H2,52,54,55,57). The van der Waals surface area contributed by atoms with Gasteiger partial charge in [0.25, 0.3) is 0 Å². The molecule has 3 fully saturated rings. The molecule has 2 amide bonds. The van der Waals surface area contributed by atoms with Gasteiger partial charge in [0, 0.05) is 92.6 Å². The number of piperazine rings is 1. The zero-order valence-electron chi connectivity index (χ0n) is 39.4. The molecule has 3 aliphatic rings. The molecule has 0 radical (unpaired) electrons. The van der Waals surface area contributed by atoms with E-state index in [4.69, 9.17) is 19.1 Å². The lowest BCUT2D eigenvalue weighted by atomic mass is 9.99. The van der Waals surface area contributed by atoms with Crippen molar-refractivity contribution in [2.24, 2.45) is 0 Å². The minimum absolute atomic E-state index is 0.190. The van der Waals surface area contributed by atoms with Gasteiger partial charge in [-0.2, -0.15) is 4.98 Å². The number of carbonyl (C=O) groups is 2. The summed E-state index contributed by atoms with van der Waals surface area (Å²) in [6, 6.07) is 17.8. The number of hydrogen-bond acceptors (Lipinski definition) is 14. The molecule has 68 heavy (non-hydrogen) atoms. The third-order valence-corrected chi connectivity index (χ3v) is 15.7. The number of oxazole rings is 1. The number of anilines is 5. The SMILES string of the molecule is CCOc1cc(N2CCC(N3CCN(CCc4ccc5c(c4)oc(=O)n5C4CCC(=O)NC4=O)CC3)CC2)c(CC)cc1Nc1ncc(Br)c(Nc2ccc3nc(CC)ccc3c2P(C)(C)=O)n1. The van der Waals surface area contributed by atoms with Gasteiger partial charge in [-0.25, -0.2) is 9.78 Å². The van der Waals surface area contributed by atoms with E-state index in [-0.39, 0.29) is 18.7 Å². The van der Waals surface area contributed by atoms with Gasteiger partial charge in [-0.05, 0) is 122 Å². The van der Waals surface area contributed by atoms with E-state index < -0.39 is 24.8 Å². The summed E-state index contributed by atoms with van der Waals surface area (Å²) in [5.74, 6) is 0.306. The van der Waals surface area contributed by atoms with Crippen LogP contribution < -0.4 is 36.6 Å². The van der Waals surface area contributed by atoms with Gasteiger partial charge in [-0.15, -0.1) is 0 Å². The van der Waals surface area contributed by atoms with Gasteiger partial charge >= 0.3 is 5.76 Å². The second kappa shape index (κ2) is 20.2. The number of rotatable bonds is 15. The summed E-state index contributed by atoms with van der Waals surface area (Å²) in [6.07, 6.45) is 6.83. The van der Waals surface area contributed by atoms with Crippen LogP contribution in [0.4, 0.5) is 28.8 Å². The predicted octanol–water partition coefficient (Wildman–Crippen LogP) is 7.76. The molecule has 9 rings (SSSR count). The largest absolute Gasteiger partial charge is 0.492 e. The number of nitrogens with zero attached hydrogens (tertiary/aromatic N) is 7. The third kappa shape index (κ3) is 10.1. The van der Waals surface area contributed by atoms with Gasteiger partial charge in [0.15, 0.2) is 5.58 Å². The van der Waals surface area contributed by atoms with Crippen molar-refractivity contribution in [3.63, 3.8) is 0 Å². The highest BCUT2D eigenvalue weighted by molar-refractivity contribution is 9.10. The monoisotopic (exact) mass is 1010 g/mol. The fourth-order valence-corrected chi connectivity index (χ4v) is 11.8. The third-order valence-electron chi connectivity index (χ3n) is 13.6. The van der Waals surface area contributed by atoms with Gasteiger partial charge in [0.1, 0.15) is 24.8 Å². The first kappa shape index (κ1) is 47.5. The zero-order chi connectivity index (χ0) is 47.7. The van der Waals surface area contributed by atoms with Crippen LogP contribution >= 0.6 is 23.1 Å². The topological polar surface area (TPSA) is 180 Å². The Bertz CT molecular complexity index is 2970. The van der Waals surface area contributed by atoms with Crippen LogP contribution in [0.15, 0.2) is 74.5 Å². The van der Waals surface area contributed by atoms with E-state index in [1.807, 2.05) is 49.4 Å². The smallest absolute Gasteiger partial charge is 0.420 e. The van der Waals surface area contributed by atoms with Crippen molar-refractivity contribution in [2.45, 2.75) is 77.8 Å². The molecule has 3 aromatic carbocycles. The first-order valence-corrected chi connectivity index (χ1v) is 27.2. The molecule has 0 bridgehead atoms. The molecule has 6 heterocycles. The number of carbonyl (C=O) groups excluding carboxylic acids is 2. The molecule has 6 aromatic rings. The van der Waals surface area contributed by atoms with E-state index in [9.17, 15) is 18.9 Å². The van der Waals surface area contributed by atoms with Crippen molar-refractivity contribution in [1.82, 2.24) is 34.6 Å². The van der Waals surface area contributed by atoms with E-state index in [1.165, 1.54) is 15.8 Å². The van der Waals surface area contributed by atoms with E-state index in [1.54, 1.807) is 19.5 Å². The van der Waals surface area contributed by atoms with Crippen LogP contribution in [0.1, 0.15) is 69.3 Å². The van der Waals surface area contributed by atoms with E-state index in [0.29, 0.717) is 45.7 Å². The number of nitrogens with one attached hydrogen (secondary N) is 3. The number of fused-ring (bicyclic) bond motifs is 2. The summed E-state index contributed by atoms with van der Waals surface area (Å²) in [6.45, 7) is 17.2. The minimum atomic E-state index is -2.74. The van der Waals surface area contributed by atoms with Crippen LogP contribution in [0.3, 0.4) is 0 Å². The Morgan fingerprint density at radius 3 is 2.40 bits per heavy atom. The molecule has 3 aliphatic heterocycles. The predicted molar refractivity (Wildman–Crippen MR) is 272 cm³/mol. The van der Waals surface area contributed by atoms with Crippen molar-refractivity contribution >= 4 is 91.0 Å². The van der Waals surface area contributed by atoms with E-state index >= 15 is 0 Å². The normalized spacial score (nSPS) is 17.8. The van der Waals surface area contributed by atoms with Gasteiger partial charge in [-0.3, -0.25) is 29.4 Å². The lowest BCUT2D eigenvalue weighted by Gasteiger charge is -2.43. The quantitative estimate of drug-likeness (QED) is 0.0671. The molecule has 3 N–H and O–H groups in total. The molecule has 1 unspecified atom stereocenters. The highest BCUT2D eigenvalue weighted by Gasteiger charge is 2.32. The molecule has 3 saturated heterocycles. The number of benzene rings is 3. The Morgan fingerprint density at radius 2 is 1.68 bits per heavy atom. The maximum atomic E-state index is 13.8. The number of halogens is 1. The van der Waals surface area contributed by atoms with Gasteiger partial charge in [0.2, 0.25) is 17.8 Å². The molecule has 18 heteroatoms. The lowest BCUT2D eigenvalue weighted by molar-refractivity contribution is -0.135. The van der Waals surface area contributed by atoms with Gasteiger partial charge in [0.05, 0.1) is 33.5 Å². The van der Waals surface area contributed by atoms with Crippen LogP contribution in [0.5, 0.6) is 5.75 Å². The molecular formula is C50H60BrN10O6P. The Kier molecular flexibility index (Phi) is 14.1. The Labute approximate surface area is 404 Å². The summed E-state index contributed by atoms with van der Waals surface area (Å²) in [5, 5.41) is 10.9. The highest BCUT2D eigenvalue weighted by Crippen LogP contribution is 2.42. The molecule has 16 nitrogen and oxygen atoms in total. The maximum Gasteiger partial charge on any atom is 0.420 e. The van der Waals surface area contributed by atoms with Crippen LogP contribution in [0.2, 0.25) is 0 Å². The summed E-state index contributed by atoms with van der Waals surface area (Å²) in [5.41, 5.74) is 7.83. The fraction of sp³-hybridized carbons (Fsp3) is 0.440. The summed E-state index contributed by atoms with van der Waals surface area (Å²) in [7, 11) is -2.74. The number of aryl methyl sites for hydroxylation is 2. The number of piperidine rings is 2. The zero-order valence-corrected chi connectivity index (χ0v) is 41.9. The minimum Gasteiger partial charge on any atom is -0.492 e. The molecule has 0 saturated carbocycles. The first-order valence-electron chi connectivity index (χ1n) is 23.8. The van der Waals surface area contributed by atoms with Gasteiger partial charge < -0.3 is 34.2 Å². The Morgan fingerprint density at radius 1 is 0.882 bits per heavy atom. The lowest BCUT2D eigenvalue weighted by Crippen LogP contribution is -2.53. The number of imide groups is 1. The number of hydrogen-bond donors (Lipinski definition) is 3. The molecule has 1 atom stereocenters. The number of amides is 2. The second-order valence-electron chi connectivity index (χ2n) is 18.3. The molecule has 0 spiro atoms. The van der Waals surface area contributed by atoms with Crippen LogP contribution in [-0.4, -0.2) is 113 Å². The Hall–Kier alpha value is -5.61. The Balaban J connectivity index is 0.814. The average Bonchev–Trinajstić information content (AvgIpc) is 3.66. The van der Waals surface area contributed by atoms with E-state index in [0.717, 1.165) is 117 Å². The first-order chi connectivity index (χ1) is 32.8. The fourth-order valence-electron chi connectivity index (χ4n) is 10.0. The van der Waals surface area contributed by atoms with Crippen molar-refractivity contribution in [3.8, 4) is 5.75 Å². The molecule has 358 valence electrons. The van der Waals surface area contributed by atoms with Crippen LogP contribution in [0, 0.1) is 0 Å². The van der Waals surface area contributed by atoms with Crippen molar-refractivity contribution < 1.29 is 23.3 Å². The average molecular weight is 1010 g/mol. The van der Waals surface area contributed by atoms with Crippen LogP contribution in [0.25, 0.3) is 22.0 Å². The maximum absolute atomic E-state index is 13.8. The molecule has 0 aliphatic carbocycles. The van der Waals surface area contributed by atoms with Crippen molar-refractivity contribution in [2.75, 3.05) is 81.3 Å². The highest BCUT2D eigenvalue weighted by atomic mass is 79.9. The second-order valence-corrected chi connectivity index (χ2v) is 22.3. The summed E-state index contributed by atoms with van der Waals surface area (Å²) in [4.78, 5) is 58.9. The number of aromatic nitrogens is 4.